The van der Waals surface area contributed by atoms with Crippen LogP contribution in [-0.2, 0) is 5.54 Å². The lowest BCUT2D eigenvalue weighted by molar-refractivity contribution is 0.414. The van der Waals surface area contributed by atoms with Crippen LogP contribution in [0.15, 0.2) is 110 Å². The Morgan fingerprint density at radius 2 is 1.41 bits per heavy atom. The molecule has 6 rings (SSSR count). The normalized spacial score (nSPS) is 17.8. The van der Waals surface area contributed by atoms with Crippen molar-refractivity contribution >= 4 is 16.9 Å². The first kappa shape index (κ1) is 23.0. The lowest BCUT2D eigenvalue weighted by Gasteiger charge is -2.38. The van der Waals surface area contributed by atoms with E-state index in [4.69, 9.17) is 4.98 Å². The van der Waals surface area contributed by atoms with Gasteiger partial charge in [-0.15, -0.1) is 0 Å². The molecule has 0 amide bonds. The van der Waals surface area contributed by atoms with E-state index >= 15 is 0 Å². The predicted molar refractivity (Wildman–Crippen MR) is 146 cm³/mol. The zero-order chi connectivity index (χ0) is 25.1. The van der Waals surface area contributed by atoms with Gasteiger partial charge in [-0.25, -0.2) is 9.97 Å². The predicted octanol–water partition coefficient (Wildman–Crippen LogP) is 5.19. The summed E-state index contributed by atoms with van der Waals surface area (Å²) in [6.07, 6.45) is 4.54. The SMILES string of the molecule is N#CC1CNC[C@H](Nc2ncnc3c2ccn3C(c2ccccc2)(c2ccccc2)c2ccccc2)C1. The minimum atomic E-state index is -0.643. The number of nitrogens with one attached hydrogen (secondary N) is 2. The second-order valence-corrected chi connectivity index (χ2v) is 9.52. The van der Waals surface area contributed by atoms with Crippen LogP contribution in [-0.4, -0.2) is 33.7 Å². The quantitative estimate of drug-likeness (QED) is 0.325. The van der Waals surface area contributed by atoms with E-state index in [1.54, 1.807) is 6.33 Å². The number of fused-ring (bicyclic) bond motifs is 1. The van der Waals surface area contributed by atoms with Crippen molar-refractivity contribution in [1.82, 2.24) is 19.9 Å². The van der Waals surface area contributed by atoms with E-state index in [0.717, 1.165) is 53.1 Å². The number of anilines is 1. The van der Waals surface area contributed by atoms with Gasteiger partial charge in [0.05, 0.1) is 17.4 Å². The Morgan fingerprint density at radius 1 is 0.811 bits per heavy atom. The lowest BCUT2D eigenvalue weighted by Crippen LogP contribution is -2.43. The molecule has 6 nitrogen and oxygen atoms in total. The van der Waals surface area contributed by atoms with E-state index in [-0.39, 0.29) is 12.0 Å². The third-order valence-electron chi connectivity index (χ3n) is 7.29. The molecule has 6 heteroatoms. The summed E-state index contributed by atoms with van der Waals surface area (Å²) >= 11 is 0. The summed E-state index contributed by atoms with van der Waals surface area (Å²) in [4.78, 5) is 9.43. The van der Waals surface area contributed by atoms with Crippen molar-refractivity contribution in [3.05, 3.63) is 126 Å². The first-order chi connectivity index (χ1) is 18.3. The zero-order valence-corrected chi connectivity index (χ0v) is 20.5. The number of hydrogen-bond acceptors (Lipinski definition) is 5. The molecule has 2 N–H and O–H groups in total. The van der Waals surface area contributed by atoms with Gasteiger partial charge in [0.2, 0.25) is 0 Å². The van der Waals surface area contributed by atoms with Crippen molar-refractivity contribution in [3.63, 3.8) is 0 Å². The highest BCUT2D eigenvalue weighted by atomic mass is 15.1. The second kappa shape index (κ2) is 9.88. The molecule has 3 heterocycles. The van der Waals surface area contributed by atoms with Crippen LogP contribution < -0.4 is 10.6 Å². The summed E-state index contributed by atoms with van der Waals surface area (Å²) in [6.45, 7) is 1.53. The van der Waals surface area contributed by atoms with Gasteiger partial charge in [0.25, 0.3) is 0 Å². The van der Waals surface area contributed by atoms with Crippen molar-refractivity contribution in [2.24, 2.45) is 5.92 Å². The van der Waals surface area contributed by atoms with Crippen LogP contribution in [0, 0.1) is 17.2 Å². The molecule has 2 atom stereocenters. The second-order valence-electron chi connectivity index (χ2n) is 9.52. The molecule has 1 saturated heterocycles. The minimum absolute atomic E-state index is 0.00457. The standard InChI is InChI=1S/C31H28N6/c32-19-23-18-27(21-33-20-23)36-29-28-16-17-37(30(28)35-22-34-29)31(24-10-4-1-5-11-24,25-12-6-2-7-13-25)26-14-8-3-9-15-26/h1-17,22-23,27,33H,18,20-21H2,(H,34,35,36)/t23?,27-/m1/s1. The van der Waals surface area contributed by atoms with Gasteiger partial charge in [0.15, 0.2) is 0 Å². The number of nitrogens with zero attached hydrogens (tertiary/aromatic N) is 4. The number of nitriles is 1. The molecule has 5 aromatic rings. The molecule has 1 unspecified atom stereocenters. The average Bonchev–Trinajstić information content (AvgIpc) is 3.41. The number of aromatic nitrogens is 3. The molecule has 1 aliphatic rings. The first-order valence-electron chi connectivity index (χ1n) is 12.7. The molecule has 2 aromatic heterocycles. The van der Waals surface area contributed by atoms with Gasteiger partial charge in [-0.2, -0.15) is 5.26 Å². The molecular weight excluding hydrogens is 456 g/mol. The number of piperidine rings is 1. The van der Waals surface area contributed by atoms with E-state index < -0.39 is 5.54 Å². The summed E-state index contributed by atoms with van der Waals surface area (Å²) in [5, 5.41) is 17.3. The number of hydrogen-bond donors (Lipinski definition) is 2. The molecule has 3 aromatic carbocycles. The smallest absolute Gasteiger partial charge is 0.146 e. The third-order valence-corrected chi connectivity index (χ3v) is 7.29. The highest BCUT2D eigenvalue weighted by Crippen LogP contribution is 2.43. The fourth-order valence-electron chi connectivity index (χ4n) is 5.64. The van der Waals surface area contributed by atoms with Crippen molar-refractivity contribution in [1.29, 1.82) is 5.26 Å². The molecule has 0 saturated carbocycles. The lowest BCUT2D eigenvalue weighted by atomic mass is 9.76. The van der Waals surface area contributed by atoms with Crippen molar-refractivity contribution in [2.75, 3.05) is 18.4 Å². The van der Waals surface area contributed by atoms with Crippen LogP contribution in [0.25, 0.3) is 11.0 Å². The maximum absolute atomic E-state index is 9.42. The largest absolute Gasteiger partial charge is 0.365 e. The Hall–Kier alpha value is -4.47. The summed E-state index contributed by atoms with van der Waals surface area (Å²) in [6, 6.07) is 36.4. The first-order valence-corrected chi connectivity index (χ1v) is 12.7. The molecule has 0 aliphatic carbocycles. The highest BCUT2D eigenvalue weighted by molar-refractivity contribution is 5.88. The summed E-state index contributed by atoms with van der Waals surface area (Å²) < 4.78 is 2.27. The molecule has 0 bridgehead atoms. The zero-order valence-electron chi connectivity index (χ0n) is 20.5. The molecule has 37 heavy (non-hydrogen) atoms. The molecular formula is C31H28N6. The summed E-state index contributed by atoms with van der Waals surface area (Å²) in [5.41, 5.74) is 3.63. The fourth-order valence-corrected chi connectivity index (χ4v) is 5.64. The van der Waals surface area contributed by atoms with Gasteiger partial charge in [-0.1, -0.05) is 91.0 Å². The topological polar surface area (TPSA) is 78.6 Å². The van der Waals surface area contributed by atoms with Gasteiger partial charge in [-0.3, -0.25) is 0 Å². The summed E-state index contributed by atoms with van der Waals surface area (Å²) in [5.74, 6) is 0.785. The average molecular weight is 485 g/mol. The molecule has 1 aliphatic heterocycles. The van der Waals surface area contributed by atoms with Crippen molar-refractivity contribution < 1.29 is 0 Å². The van der Waals surface area contributed by atoms with Gasteiger partial charge < -0.3 is 15.2 Å². The van der Waals surface area contributed by atoms with E-state index in [2.05, 4.69) is 130 Å². The van der Waals surface area contributed by atoms with Gasteiger partial charge >= 0.3 is 0 Å². The third kappa shape index (κ3) is 4.04. The maximum Gasteiger partial charge on any atom is 0.146 e. The highest BCUT2D eigenvalue weighted by Gasteiger charge is 2.39. The summed E-state index contributed by atoms with van der Waals surface area (Å²) in [7, 11) is 0. The van der Waals surface area contributed by atoms with Crippen LogP contribution >= 0.6 is 0 Å². The molecule has 0 spiro atoms. The Bertz CT molecular complexity index is 1430. The molecule has 182 valence electrons. The minimum Gasteiger partial charge on any atom is -0.365 e. The van der Waals surface area contributed by atoms with Crippen LogP contribution in [0.2, 0.25) is 0 Å². The van der Waals surface area contributed by atoms with Crippen molar-refractivity contribution in [3.8, 4) is 6.07 Å². The maximum atomic E-state index is 9.42. The van der Waals surface area contributed by atoms with Crippen LogP contribution in [0.1, 0.15) is 23.1 Å². The van der Waals surface area contributed by atoms with E-state index in [1.807, 2.05) is 0 Å². The van der Waals surface area contributed by atoms with Gasteiger partial charge in [0.1, 0.15) is 23.3 Å². The number of rotatable bonds is 6. The molecule has 0 radical (unpaired) electrons. The Balaban J connectivity index is 1.56. The number of benzene rings is 3. The van der Waals surface area contributed by atoms with E-state index in [0.29, 0.717) is 0 Å². The fraction of sp³-hybridized carbons (Fsp3) is 0.194. The Morgan fingerprint density at radius 3 is 1.97 bits per heavy atom. The van der Waals surface area contributed by atoms with Gasteiger partial charge in [0, 0.05) is 25.3 Å². The van der Waals surface area contributed by atoms with E-state index in [1.165, 1.54) is 0 Å². The van der Waals surface area contributed by atoms with Crippen LogP contribution in [0.5, 0.6) is 0 Å². The van der Waals surface area contributed by atoms with Gasteiger partial charge in [-0.05, 0) is 29.2 Å². The Labute approximate surface area is 216 Å². The molecule has 1 fully saturated rings. The Kier molecular flexibility index (Phi) is 6.13. The van der Waals surface area contributed by atoms with Crippen molar-refractivity contribution in [2.45, 2.75) is 18.0 Å². The van der Waals surface area contributed by atoms with Crippen LogP contribution in [0.4, 0.5) is 5.82 Å². The van der Waals surface area contributed by atoms with Crippen LogP contribution in [0.3, 0.4) is 0 Å². The monoisotopic (exact) mass is 484 g/mol. The van der Waals surface area contributed by atoms with E-state index in [9.17, 15) is 5.26 Å².